The van der Waals surface area contributed by atoms with Crippen molar-refractivity contribution >= 4 is 17.6 Å². The van der Waals surface area contributed by atoms with Crippen molar-refractivity contribution in [3.05, 3.63) is 29.8 Å². The van der Waals surface area contributed by atoms with Gasteiger partial charge in [-0.2, -0.15) is 0 Å². The summed E-state index contributed by atoms with van der Waals surface area (Å²) in [6.07, 6.45) is 0. The molecule has 0 heterocycles. The topological polar surface area (TPSA) is 61.4 Å². The van der Waals surface area contributed by atoms with E-state index in [9.17, 15) is 9.59 Å². The van der Waals surface area contributed by atoms with E-state index in [1.54, 1.807) is 6.92 Å². The van der Waals surface area contributed by atoms with Crippen molar-refractivity contribution in [3.8, 4) is 0 Å². The number of amides is 3. The van der Waals surface area contributed by atoms with Crippen molar-refractivity contribution in [2.45, 2.75) is 20.8 Å². The van der Waals surface area contributed by atoms with E-state index in [0.29, 0.717) is 13.1 Å². The van der Waals surface area contributed by atoms with E-state index in [-0.39, 0.29) is 12.5 Å². The van der Waals surface area contributed by atoms with E-state index in [2.05, 4.69) is 10.6 Å². The molecular formula is C14H21N3O2. The fourth-order valence-electron chi connectivity index (χ4n) is 1.83. The van der Waals surface area contributed by atoms with Gasteiger partial charge in [0.15, 0.2) is 0 Å². The number of anilines is 1. The van der Waals surface area contributed by atoms with Crippen molar-refractivity contribution in [3.63, 3.8) is 0 Å². The van der Waals surface area contributed by atoms with Crippen LogP contribution in [0, 0.1) is 6.92 Å². The van der Waals surface area contributed by atoms with Crippen molar-refractivity contribution in [2.24, 2.45) is 0 Å². The fraction of sp³-hybridized carbons (Fsp3) is 0.429. The molecule has 1 aromatic carbocycles. The number of nitrogens with one attached hydrogen (secondary N) is 2. The lowest BCUT2D eigenvalue weighted by Crippen LogP contribution is -2.44. The van der Waals surface area contributed by atoms with E-state index < -0.39 is 6.03 Å². The maximum Gasteiger partial charge on any atom is 0.321 e. The largest absolute Gasteiger partial charge is 0.362 e. The highest BCUT2D eigenvalue weighted by Crippen LogP contribution is 2.18. The van der Waals surface area contributed by atoms with E-state index in [0.717, 1.165) is 11.3 Å². The Morgan fingerprint density at radius 1 is 1.21 bits per heavy atom. The van der Waals surface area contributed by atoms with Gasteiger partial charge in [-0.1, -0.05) is 18.2 Å². The maximum absolute atomic E-state index is 11.8. The number of likely N-dealkylation sites (N-methyl/N-ethyl adjacent to an activating group) is 1. The predicted octanol–water partition coefficient (Wildman–Crippen LogP) is 1.67. The van der Waals surface area contributed by atoms with Crippen molar-refractivity contribution in [1.29, 1.82) is 0 Å². The summed E-state index contributed by atoms with van der Waals surface area (Å²) in [6, 6.07) is 7.42. The Balaban J connectivity index is 2.65. The van der Waals surface area contributed by atoms with Crippen LogP contribution < -0.4 is 15.5 Å². The second-order valence-electron chi connectivity index (χ2n) is 4.21. The zero-order valence-corrected chi connectivity index (χ0v) is 11.7. The molecule has 2 N–H and O–H groups in total. The van der Waals surface area contributed by atoms with Crippen LogP contribution in [0.2, 0.25) is 0 Å². The molecule has 0 radical (unpaired) electrons. The number of urea groups is 1. The fourth-order valence-corrected chi connectivity index (χ4v) is 1.83. The van der Waals surface area contributed by atoms with E-state index in [4.69, 9.17) is 0 Å². The summed E-state index contributed by atoms with van der Waals surface area (Å²) in [5.74, 6) is -0.309. The van der Waals surface area contributed by atoms with Gasteiger partial charge < -0.3 is 10.2 Å². The molecule has 0 spiro atoms. The first-order valence-corrected chi connectivity index (χ1v) is 6.46. The van der Waals surface area contributed by atoms with Gasteiger partial charge in [-0.3, -0.25) is 10.1 Å². The molecule has 1 aromatic rings. The third-order valence-electron chi connectivity index (χ3n) is 2.76. The third-order valence-corrected chi connectivity index (χ3v) is 2.76. The van der Waals surface area contributed by atoms with Crippen molar-refractivity contribution in [1.82, 2.24) is 10.6 Å². The lowest BCUT2D eigenvalue weighted by Gasteiger charge is -2.24. The molecule has 0 atom stereocenters. The molecule has 104 valence electrons. The smallest absolute Gasteiger partial charge is 0.321 e. The SMILES string of the molecule is CCNC(=O)NC(=O)CN(CC)c1ccccc1C. The molecule has 0 aromatic heterocycles. The number of carbonyl (C=O) groups excluding carboxylic acids is 2. The van der Waals surface area contributed by atoms with Crippen LogP contribution in [0.1, 0.15) is 19.4 Å². The predicted molar refractivity (Wildman–Crippen MR) is 76.3 cm³/mol. The molecule has 0 fully saturated rings. The molecular weight excluding hydrogens is 242 g/mol. The Kier molecular flexibility index (Phi) is 5.85. The number of aryl methyl sites for hydroxylation is 1. The van der Waals surface area contributed by atoms with Crippen molar-refractivity contribution in [2.75, 3.05) is 24.5 Å². The second kappa shape index (κ2) is 7.41. The Morgan fingerprint density at radius 3 is 2.47 bits per heavy atom. The Labute approximate surface area is 114 Å². The summed E-state index contributed by atoms with van der Waals surface area (Å²) in [6.45, 7) is 7.14. The molecule has 3 amide bonds. The highest BCUT2D eigenvalue weighted by Gasteiger charge is 2.13. The van der Waals surface area contributed by atoms with Crippen LogP contribution >= 0.6 is 0 Å². The molecule has 0 aliphatic heterocycles. The molecule has 0 aliphatic rings. The second-order valence-corrected chi connectivity index (χ2v) is 4.21. The number of imide groups is 1. The zero-order valence-electron chi connectivity index (χ0n) is 11.7. The summed E-state index contributed by atoms with van der Waals surface area (Å²) in [5.41, 5.74) is 2.12. The molecule has 0 bridgehead atoms. The van der Waals surface area contributed by atoms with Gasteiger partial charge in [-0.15, -0.1) is 0 Å². The van der Waals surface area contributed by atoms with Gasteiger partial charge in [-0.05, 0) is 32.4 Å². The molecule has 0 aliphatic carbocycles. The van der Waals surface area contributed by atoms with E-state index in [1.807, 2.05) is 43.0 Å². The number of rotatable bonds is 5. The quantitative estimate of drug-likeness (QED) is 0.849. The van der Waals surface area contributed by atoms with Crippen LogP contribution in [0.15, 0.2) is 24.3 Å². The van der Waals surface area contributed by atoms with Crippen LogP contribution in [0.5, 0.6) is 0 Å². The molecule has 1 rings (SSSR count). The zero-order chi connectivity index (χ0) is 14.3. The molecule has 0 unspecified atom stereocenters. The minimum absolute atomic E-state index is 0.165. The highest BCUT2D eigenvalue weighted by molar-refractivity contribution is 5.96. The lowest BCUT2D eigenvalue weighted by atomic mass is 10.2. The molecule has 19 heavy (non-hydrogen) atoms. The number of hydrogen-bond acceptors (Lipinski definition) is 3. The van der Waals surface area contributed by atoms with Gasteiger partial charge in [0, 0.05) is 18.8 Å². The van der Waals surface area contributed by atoms with Gasteiger partial charge in [0.1, 0.15) is 0 Å². The minimum Gasteiger partial charge on any atom is -0.362 e. The Bertz CT molecular complexity index is 446. The molecule has 5 nitrogen and oxygen atoms in total. The van der Waals surface area contributed by atoms with E-state index >= 15 is 0 Å². The standard InChI is InChI=1S/C14H21N3O2/c1-4-15-14(19)16-13(18)10-17(5-2)12-9-7-6-8-11(12)3/h6-9H,4-5,10H2,1-3H3,(H2,15,16,18,19). The Hall–Kier alpha value is -2.04. The third kappa shape index (κ3) is 4.62. The van der Waals surface area contributed by atoms with Crippen molar-refractivity contribution < 1.29 is 9.59 Å². The first-order chi connectivity index (χ1) is 9.08. The summed E-state index contributed by atoms with van der Waals surface area (Å²) in [7, 11) is 0. The van der Waals surface area contributed by atoms with Crippen LogP contribution in [0.4, 0.5) is 10.5 Å². The first-order valence-electron chi connectivity index (χ1n) is 6.46. The average Bonchev–Trinajstić information content (AvgIpc) is 2.37. The van der Waals surface area contributed by atoms with Gasteiger partial charge >= 0.3 is 6.03 Å². The van der Waals surface area contributed by atoms with Crippen LogP contribution in [-0.4, -0.2) is 31.6 Å². The molecule has 5 heteroatoms. The van der Waals surface area contributed by atoms with Crippen LogP contribution in [0.25, 0.3) is 0 Å². The summed E-state index contributed by atoms with van der Waals surface area (Å²) in [5, 5.41) is 4.83. The number of para-hydroxylation sites is 1. The first kappa shape index (κ1) is 15.0. The Morgan fingerprint density at radius 2 is 1.89 bits per heavy atom. The molecule has 0 saturated heterocycles. The van der Waals surface area contributed by atoms with Gasteiger partial charge in [0.25, 0.3) is 0 Å². The summed E-state index contributed by atoms with van der Waals surface area (Å²) < 4.78 is 0. The summed E-state index contributed by atoms with van der Waals surface area (Å²) >= 11 is 0. The number of carbonyl (C=O) groups is 2. The van der Waals surface area contributed by atoms with Gasteiger partial charge in [0.05, 0.1) is 6.54 Å². The van der Waals surface area contributed by atoms with Crippen LogP contribution in [0.3, 0.4) is 0 Å². The average molecular weight is 263 g/mol. The normalized spacial score (nSPS) is 9.84. The summed E-state index contributed by atoms with van der Waals surface area (Å²) in [4.78, 5) is 25.0. The van der Waals surface area contributed by atoms with E-state index in [1.165, 1.54) is 0 Å². The van der Waals surface area contributed by atoms with Gasteiger partial charge in [0.2, 0.25) is 5.91 Å². The van der Waals surface area contributed by atoms with Gasteiger partial charge in [-0.25, -0.2) is 4.79 Å². The number of hydrogen-bond donors (Lipinski definition) is 2. The monoisotopic (exact) mass is 263 g/mol. The molecule has 0 saturated carbocycles. The lowest BCUT2D eigenvalue weighted by molar-refractivity contribution is -0.118. The maximum atomic E-state index is 11.8. The minimum atomic E-state index is -0.451. The highest BCUT2D eigenvalue weighted by atomic mass is 16.2. The van der Waals surface area contributed by atoms with Crippen LogP contribution in [-0.2, 0) is 4.79 Å². The number of nitrogens with zero attached hydrogens (tertiary/aromatic N) is 1. The number of benzene rings is 1.